The molecule has 0 bridgehead atoms. The summed E-state index contributed by atoms with van der Waals surface area (Å²) in [6.45, 7) is 0.818. The summed E-state index contributed by atoms with van der Waals surface area (Å²) in [6.07, 6.45) is 2.58. The van der Waals surface area contributed by atoms with E-state index in [1.807, 2.05) is 0 Å². The van der Waals surface area contributed by atoms with Gasteiger partial charge < -0.3 is 10.0 Å². The van der Waals surface area contributed by atoms with E-state index in [0.717, 1.165) is 0 Å². The Hall–Kier alpha value is -1.92. The molecule has 2 heterocycles. The Balaban J connectivity index is 2.05. The van der Waals surface area contributed by atoms with Crippen LogP contribution in [0.1, 0.15) is 23.5 Å². The van der Waals surface area contributed by atoms with E-state index in [1.54, 1.807) is 0 Å². The highest BCUT2D eigenvalue weighted by atomic mass is 16.4. The number of hydrogen-bond donors (Lipinski definition) is 2. The Morgan fingerprint density at radius 1 is 1.56 bits per heavy atom. The van der Waals surface area contributed by atoms with Crippen molar-refractivity contribution >= 4 is 11.9 Å². The van der Waals surface area contributed by atoms with Gasteiger partial charge in [0.1, 0.15) is 6.33 Å². The fourth-order valence-corrected chi connectivity index (χ4v) is 1.82. The zero-order valence-electron chi connectivity index (χ0n) is 8.59. The standard InChI is InChI=1S/C9H12N4O3/c14-8(7-10-5-11-12-7)13-3-1-2-6(4-13)9(15)16/h5-6H,1-4H2,(H,15,16)(H,10,11,12)/t6-/m1/s1. The van der Waals surface area contributed by atoms with Gasteiger partial charge in [-0.15, -0.1) is 0 Å². The minimum Gasteiger partial charge on any atom is -0.481 e. The van der Waals surface area contributed by atoms with E-state index in [9.17, 15) is 9.59 Å². The number of carboxylic acid groups (broad SMARTS) is 1. The van der Waals surface area contributed by atoms with Gasteiger partial charge in [-0.25, -0.2) is 4.98 Å². The minimum atomic E-state index is -0.852. The van der Waals surface area contributed by atoms with Crippen molar-refractivity contribution in [2.75, 3.05) is 13.1 Å². The first kappa shape index (κ1) is 10.6. The molecule has 1 aliphatic rings. The number of piperidine rings is 1. The molecule has 7 nitrogen and oxygen atoms in total. The SMILES string of the molecule is O=C(O)[C@@H]1CCCN(C(=O)c2ncn[nH]2)C1. The average molecular weight is 224 g/mol. The molecule has 2 N–H and O–H groups in total. The van der Waals surface area contributed by atoms with E-state index in [2.05, 4.69) is 15.2 Å². The molecule has 86 valence electrons. The van der Waals surface area contributed by atoms with Crippen LogP contribution in [-0.2, 0) is 4.79 Å². The van der Waals surface area contributed by atoms with E-state index in [-0.39, 0.29) is 18.3 Å². The smallest absolute Gasteiger partial charge is 0.308 e. The van der Waals surface area contributed by atoms with Crippen LogP contribution < -0.4 is 0 Å². The maximum absolute atomic E-state index is 11.8. The van der Waals surface area contributed by atoms with Crippen molar-refractivity contribution in [2.45, 2.75) is 12.8 Å². The molecule has 7 heteroatoms. The lowest BCUT2D eigenvalue weighted by atomic mass is 9.98. The number of amides is 1. The highest BCUT2D eigenvalue weighted by molar-refractivity contribution is 5.90. The second kappa shape index (κ2) is 4.30. The lowest BCUT2D eigenvalue weighted by Gasteiger charge is -2.29. The minimum absolute atomic E-state index is 0.158. The van der Waals surface area contributed by atoms with Crippen molar-refractivity contribution in [1.29, 1.82) is 0 Å². The Kier molecular flexibility index (Phi) is 2.84. The lowest BCUT2D eigenvalue weighted by molar-refractivity contribution is -0.143. The van der Waals surface area contributed by atoms with Crippen LogP contribution in [0.25, 0.3) is 0 Å². The first-order valence-electron chi connectivity index (χ1n) is 5.06. The molecule has 1 atom stereocenters. The number of likely N-dealkylation sites (tertiary alicyclic amines) is 1. The number of aromatic nitrogens is 3. The molecule has 16 heavy (non-hydrogen) atoms. The highest BCUT2D eigenvalue weighted by Crippen LogP contribution is 2.17. The maximum atomic E-state index is 11.8. The van der Waals surface area contributed by atoms with Crippen LogP contribution in [-0.4, -0.2) is 50.2 Å². The van der Waals surface area contributed by atoms with Crippen molar-refractivity contribution in [3.8, 4) is 0 Å². The van der Waals surface area contributed by atoms with Gasteiger partial charge in [0.2, 0.25) is 5.82 Å². The van der Waals surface area contributed by atoms with Gasteiger partial charge in [-0.05, 0) is 12.8 Å². The van der Waals surface area contributed by atoms with Crippen molar-refractivity contribution < 1.29 is 14.7 Å². The monoisotopic (exact) mass is 224 g/mol. The Morgan fingerprint density at radius 3 is 3.00 bits per heavy atom. The summed E-state index contributed by atoms with van der Waals surface area (Å²) < 4.78 is 0. The summed E-state index contributed by atoms with van der Waals surface area (Å²) in [7, 11) is 0. The molecule has 1 fully saturated rings. The quantitative estimate of drug-likeness (QED) is 0.721. The zero-order chi connectivity index (χ0) is 11.5. The number of rotatable bonds is 2. The van der Waals surface area contributed by atoms with E-state index in [0.29, 0.717) is 19.4 Å². The molecule has 0 unspecified atom stereocenters. The third-order valence-electron chi connectivity index (χ3n) is 2.68. The average Bonchev–Trinajstić information content (AvgIpc) is 2.81. The number of aromatic amines is 1. The summed E-state index contributed by atoms with van der Waals surface area (Å²) in [4.78, 5) is 27.9. The number of hydrogen-bond acceptors (Lipinski definition) is 4. The molecule has 0 spiro atoms. The van der Waals surface area contributed by atoms with Gasteiger partial charge in [-0.2, -0.15) is 5.10 Å². The van der Waals surface area contributed by atoms with Gasteiger partial charge in [0.05, 0.1) is 5.92 Å². The first-order valence-corrected chi connectivity index (χ1v) is 5.06. The second-order valence-electron chi connectivity index (χ2n) is 3.76. The summed E-state index contributed by atoms with van der Waals surface area (Å²) in [5.74, 6) is -1.45. The van der Waals surface area contributed by atoms with E-state index in [4.69, 9.17) is 5.11 Å². The number of aliphatic carboxylic acids is 1. The van der Waals surface area contributed by atoms with Crippen LogP contribution in [0.4, 0.5) is 0 Å². The van der Waals surface area contributed by atoms with Crippen molar-refractivity contribution in [2.24, 2.45) is 5.92 Å². The van der Waals surface area contributed by atoms with Crippen molar-refractivity contribution in [1.82, 2.24) is 20.1 Å². The normalized spacial score (nSPS) is 20.8. The number of nitrogens with zero attached hydrogens (tertiary/aromatic N) is 3. The van der Waals surface area contributed by atoms with Gasteiger partial charge in [0.25, 0.3) is 5.91 Å². The fourth-order valence-electron chi connectivity index (χ4n) is 1.82. The maximum Gasteiger partial charge on any atom is 0.308 e. The van der Waals surface area contributed by atoms with Gasteiger partial charge >= 0.3 is 5.97 Å². The molecule has 1 saturated heterocycles. The Labute approximate surface area is 91.5 Å². The van der Waals surface area contributed by atoms with E-state index >= 15 is 0 Å². The largest absolute Gasteiger partial charge is 0.481 e. The second-order valence-corrected chi connectivity index (χ2v) is 3.76. The van der Waals surface area contributed by atoms with Crippen molar-refractivity contribution in [3.05, 3.63) is 12.2 Å². The number of carbonyl (C=O) groups excluding carboxylic acids is 1. The summed E-state index contributed by atoms with van der Waals surface area (Å²) in [6, 6.07) is 0. The third-order valence-corrected chi connectivity index (χ3v) is 2.68. The summed E-state index contributed by atoms with van der Waals surface area (Å²) in [5, 5.41) is 15.0. The number of carboxylic acids is 1. The topological polar surface area (TPSA) is 99.2 Å². The number of carbonyl (C=O) groups is 2. The first-order chi connectivity index (χ1) is 7.68. The van der Waals surface area contributed by atoms with Crippen LogP contribution in [0.3, 0.4) is 0 Å². The molecule has 1 aliphatic heterocycles. The van der Waals surface area contributed by atoms with Gasteiger partial charge in [0, 0.05) is 13.1 Å². The van der Waals surface area contributed by atoms with Crippen molar-refractivity contribution in [3.63, 3.8) is 0 Å². The van der Waals surface area contributed by atoms with Gasteiger partial charge in [0.15, 0.2) is 0 Å². The molecule has 0 aromatic carbocycles. The van der Waals surface area contributed by atoms with E-state index < -0.39 is 11.9 Å². The molecule has 0 radical (unpaired) electrons. The molecule has 1 aromatic heterocycles. The van der Waals surface area contributed by atoms with Crippen LogP contribution >= 0.6 is 0 Å². The molecule has 2 rings (SSSR count). The predicted molar refractivity (Wildman–Crippen MR) is 52.6 cm³/mol. The molecular formula is C9H12N4O3. The molecule has 1 aromatic rings. The fraction of sp³-hybridized carbons (Fsp3) is 0.556. The van der Waals surface area contributed by atoms with Crippen LogP contribution in [0.5, 0.6) is 0 Å². The Bertz CT molecular complexity index is 389. The molecule has 1 amide bonds. The third kappa shape index (κ3) is 2.02. The predicted octanol–water partition coefficient (Wildman–Crippen LogP) is -0.259. The number of H-pyrrole nitrogens is 1. The molecule has 0 saturated carbocycles. The van der Waals surface area contributed by atoms with Crippen LogP contribution in [0.2, 0.25) is 0 Å². The Morgan fingerprint density at radius 2 is 2.38 bits per heavy atom. The van der Waals surface area contributed by atoms with E-state index in [1.165, 1.54) is 11.2 Å². The number of nitrogens with one attached hydrogen (secondary N) is 1. The lowest BCUT2D eigenvalue weighted by Crippen LogP contribution is -2.42. The van der Waals surface area contributed by atoms with Crippen LogP contribution in [0.15, 0.2) is 6.33 Å². The summed E-state index contributed by atoms with van der Waals surface area (Å²) in [5.41, 5.74) is 0. The zero-order valence-corrected chi connectivity index (χ0v) is 8.59. The highest BCUT2D eigenvalue weighted by Gasteiger charge is 2.29. The van der Waals surface area contributed by atoms with Gasteiger partial charge in [-0.1, -0.05) is 0 Å². The molecular weight excluding hydrogens is 212 g/mol. The van der Waals surface area contributed by atoms with Gasteiger partial charge in [-0.3, -0.25) is 14.7 Å². The summed E-state index contributed by atoms with van der Waals surface area (Å²) >= 11 is 0. The van der Waals surface area contributed by atoms with Crippen LogP contribution in [0, 0.1) is 5.92 Å². The molecule has 0 aliphatic carbocycles.